The Morgan fingerprint density at radius 1 is 1.18 bits per heavy atom. The average Bonchev–Trinajstić information content (AvgIpc) is 2.77. The molecule has 3 rings (SSSR count). The lowest BCUT2D eigenvalue weighted by molar-refractivity contribution is -0.137. The summed E-state index contributed by atoms with van der Waals surface area (Å²) >= 11 is 12.2. The lowest BCUT2D eigenvalue weighted by Crippen LogP contribution is -2.36. The summed E-state index contributed by atoms with van der Waals surface area (Å²) in [6, 6.07) is 6.27. The first-order chi connectivity index (χ1) is 10.4. The minimum absolute atomic E-state index is 0.194. The number of aliphatic hydroxyl groups is 2. The molecule has 7 heteroatoms. The van der Waals surface area contributed by atoms with Crippen molar-refractivity contribution in [1.82, 2.24) is 4.98 Å². The summed E-state index contributed by atoms with van der Waals surface area (Å²) in [5, 5.41) is 24.1. The Morgan fingerprint density at radius 2 is 1.82 bits per heavy atom. The molecule has 5 nitrogen and oxygen atoms in total. The number of benzene rings is 1. The summed E-state index contributed by atoms with van der Waals surface area (Å²) in [5.74, 6) is -0.661. The number of nitrogens with zero attached hydrogens (tertiary/aromatic N) is 1. The zero-order chi connectivity index (χ0) is 15.9. The molecule has 114 valence electrons. The number of pyridine rings is 1. The van der Waals surface area contributed by atoms with E-state index in [1.54, 1.807) is 12.1 Å². The van der Waals surface area contributed by atoms with Gasteiger partial charge in [-0.2, -0.15) is 0 Å². The molecule has 1 aliphatic rings. The van der Waals surface area contributed by atoms with Crippen molar-refractivity contribution in [2.45, 2.75) is 18.1 Å². The van der Waals surface area contributed by atoms with Crippen LogP contribution in [0.2, 0.25) is 10.0 Å². The molecule has 0 saturated heterocycles. The van der Waals surface area contributed by atoms with Crippen molar-refractivity contribution in [3.8, 4) is 0 Å². The topological polar surface area (TPSA) is 82.5 Å². The summed E-state index contributed by atoms with van der Waals surface area (Å²) in [4.78, 5) is 16.1. The zero-order valence-corrected chi connectivity index (χ0v) is 12.8. The molecule has 2 unspecified atom stereocenters. The van der Waals surface area contributed by atoms with Gasteiger partial charge in [0, 0.05) is 29.4 Å². The Kier molecular flexibility index (Phi) is 3.82. The van der Waals surface area contributed by atoms with Crippen LogP contribution in [0.5, 0.6) is 0 Å². The number of anilines is 1. The Bertz CT molecular complexity index is 739. The third-order valence-corrected chi connectivity index (χ3v) is 4.34. The summed E-state index contributed by atoms with van der Waals surface area (Å²) < 4.78 is 0. The van der Waals surface area contributed by atoms with E-state index in [2.05, 4.69) is 10.3 Å². The van der Waals surface area contributed by atoms with E-state index in [1.807, 2.05) is 0 Å². The number of carbonyl (C=O) groups excluding carboxylic acids is 1. The molecule has 1 amide bonds. The first-order valence-electron chi connectivity index (χ1n) is 6.54. The second kappa shape index (κ2) is 5.52. The second-order valence-electron chi connectivity index (χ2n) is 5.09. The van der Waals surface area contributed by atoms with E-state index in [0.717, 1.165) is 0 Å². The van der Waals surface area contributed by atoms with Crippen LogP contribution in [0.3, 0.4) is 0 Å². The van der Waals surface area contributed by atoms with E-state index in [9.17, 15) is 15.0 Å². The van der Waals surface area contributed by atoms with Crippen molar-refractivity contribution in [1.29, 1.82) is 0 Å². The van der Waals surface area contributed by atoms with Crippen LogP contribution in [-0.2, 0) is 10.4 Å². The van der Waals surface area contributed by atoms with Gasteiger partial charge in [0.25, 0.3) is 5.91 Å². The maximum atomic E-state index is 12.2. The maximum absolute atomic E-state index is 12.2. The highest BCUT2D eigenvalue weighted by molar-refractivity contribution is 6.38. The van der Waals surface area contributed by atoms with Crippen molar-refractivity contribution in [3.05, 3.63) is 57.8 Å². The van der Waals surface area contributed by atoms with Gasteiger partial charge in [-0.05, 0) is 29.8 Å². The normalized spacial score (nSPS) is 21.4. The highest BCUT2D eigenvalue weighted by atomic mass is 35.5. The molecule has 2 atom stereocenters. The summed E-state index contributed by atoms with van der Waals surface area (Å²) in [6.07, 6.45) is 1.75. The second-order valence-corrected chi connectivity index (χ2v) is 5.91. The van der Waals surface area contributed by atoms with E-state index >= 15 is 0 Å². The van der Waals surface area contributed by atoms with Crippen LogP contribution in [0.1, 0.15) is 23.7 Å². The van der Waals surface area contributed by atoms with Gasteiger partial charge in [0.05, 0.1) is 16.8 Å². The lowest BCUT2D eigenvalue weighted by atomic mass is 9.87. The molecule has 2 aromatic rings. The van der Waals surface area contributed by atoms with Crippen LogP contribution >= 0.6 is 23.2 Å². The van der Waals surface area contributed by atoms with Crippen molar-refractivity contribution in [2.24, 2.45) is 0 Å². The van der Waals surface area contributed by atoms with Gasteiger partial charge in [0.15, 0.2) is 5.60 Å². The number of amides is 1. The minimum atomic E-state index is -1.94. The van der Waals surface area contributed by atoms with E-state index in [4.69, 9.17) is 23.2 Å². The molecule has 0 aliphatic carbocycles. The third kappa shape index (κ3) is 2.36. The number of aliphatic hydroxyl groups excluding tert-OH is 1. The van der Waals surface area contributed by atoms with Gasteiger partial charge in [0.2, 0.25) is 0 Å². The Hall–Kier alpha value is -1.66. The largest absolute Gasteiger partial charge is 0.388 e. The summed E-state index contributed by atoms with van der Waals surface area (Å²) in [5.41, 5.74) is -0.925. The van der Waals surface area contributed by atoms with Crippen LogP contribution in [0.4, 0.5) is 5.69 Å². The number of hydrogen-bond acceptors (Lipinski definition) is 4. The van der Waals surface area contributed by atoms with Gasteiger partial charge in [-0.3, -0.25) is 9.78 Å². The fourth-order valence-corrected chi connectivity index (χ4v) is 3.11. The van der Waals surface area contributed by atoms with Crippen molar-refractivity contribution in [2.75, 3.05) is 5.32 Å². The SMILES string of the molecule is O=C1Nc2c(Cl)ccc(Cl)c2C1(O)CC(O)c1ccncc1. The molecular formula is C15H12Cl2N2O3. The molecule has 0 saturated carbocycles. The molecule has 0 fully saturated rings. The highest BCUT2D eigenvalue weighted by Crippen LogP contribution is 2.47. The molecule has 1 aliphatic heterocycles. The van der Waals surface area contributed by atoms with Gasteiger partial charge in [-0.1, -0.05) is 23.2 Å². The highest BCUT2D eigenvalue weighted by Gasteiger charge is 2.48. The van der Waals surface area contributed by atoms with Crippen LogP contribution in [0.15, 0.2) is 36.7 Å². The summed E-state index contributed by atoms with van der Waals surface area (Å²) in [7, 11) is 0. The summed E-state index contributed by atoms with van der Waals surface area (Å²) in [6.45, 7) is 0. The first-order valence-corrected chi connectivity index (χ1v) is 7.29. The van der Waals surface area contributed by atoms with Gasteiger partial charge in [-0.25, -0.2) is 0 Å². The van der Waals surface area contributed by atoms with Crippen LogP contribution in [0.25, 0.3) is 0 Å². The number of nitrogens with one attached hydrogen (secondary N) is 1. The Balaban J connectivity index is 2.01. The number of carbonyl (C=O) groups is 1. The maximum Gasteiger partial charge on any atom is 0.261 e. The van der Waals surface area contributed by atoms with Crippen LogP contribution in [0, 0.1) is 0 Å². The van der Waals surface area contributed by atoms with Gasteiger partial charge >= 0.3 is 0 Å². The van der Waals surface area contributed by atoms with Crippen LogP contribution in [-0.4, -0.2) is 21.1 Å². The fraction of sp³-hybridized carbons (Fsp3) is 0.200. The monoisotopic (exact) mass is 338 g/mol. The third-order valence-electron chi connectivity index (χ3n) is 3.71. The lowest BCUT2D eigenvalue weighted by Gasteiger charge is -2.25. The van der Waals surface area contributed by atoms with Crippen molar-refractivity contribution < 1.29 is 15.0 Å². The molecule has 0 spiro atoms. The Morgan fingerprint density at radius 3 is 2.50 bits per heavy atom. The molecule has 1 aromatic heterocycles. The van der Waals surface area contributed by atoms with Gasteiger partial charge < -0.3 is 15.5 Å². The van der Waals surface area contributed by atoms with E-state index in [-0.39, 0.29) is 27.7 Å². The van der Waals surface area contributed by atoms with Crippen molar-refractivity contribution >= 4 is 34.8 Å². The number of aromatic nitrogens is 1. The number of hydrogen-bond donors (Lipinski definition) is 3. The molecule has 3 N–H and O–H groups in total. The van der Waals surface area contributed by atoms with Gasteiger partial charge in [0.1, 0.15) is 0 Å². The van der Waals surface area contributed by atoms with Crippen LogP contribution < -0.4 is 5.32 Å². The molecule has 0 radical (unpaired) electrons. The molecule has 2 heterocycles. The Labute approximate surface area is 136 Å². The number of fused-ring (bicyclic) bond motifs is 1. The van der Waals surface area contributed by atoms with E-state index in [1.165, 1.54) is 24.5 Å². The van der Waals surface area contributed by atoms with Gasteiger partial charge in [-0.15, -0.1) is 0 Å². The predicted octanol–water partition coefficient (Wildman–Crippen LogP) is 2.65. The zero-order valence-electron chi connectivity index (χ0n) is 11.3. The fourth-order valence-electron chi connectivity index (χ4n) is 2.59. The molecule has 1 aromatic carbocycles. The molecule has 0 bridgehead atoms. The van der Waals surface area contributed by atoms with E-state index in [0.29, 0.717) is 5.56 Å². The predicted molar refractivity (Wildman–Crippen MR) is 82.8 cm³/mol. The number of halogens is 2. The number of rotatable bonds is 3. The standard InChI is InChI=1S/C15H12Cl2N2O3/c16-9-1-2-10(17)13-12(9)15(22,14(21)19-13)7-11(20)8-3-5-18-6-4-8/h1-6,11,20,22H,7H2,(H,19,21). The quantitative estimate of drug-likeness (QED) is 0.803. The van der Waals surface area contributed by atoms with Crippen molar-refractivity contribution in [3.63, 3.8) is 0 Å². The molecular weight excluding hydrogens is 327 g/mol. The minimum Gasteiger partial charge on any atom is -0.388 e. The molecule has 22 heavy (non-hydrogen) atoms. The average molecular weight is 339 g/mol. The smallest absolute Gasteiger partial charge is 0.261 e. The van der Waals surface area contributed by atoms with E-state index < -0.39 is 17.6 Å². The first kappa shape index (κ1) is 15.2.